The first-order chi connectivity index (χ1) is 6.45. The minimum absolute atomic E-state index is 0.103. The van der Waals surface area contributed by atoms with Crippen molar-refractivity contribution in [3.63, 3.8) is 0 Å². The van der Waals surface area contributed by atoms with Crippen molar-refractivity contribution in [1.82, 2.24) is 15.0 Å². The van der Waals surface area contributed by atoms with Gasteiger partial charge in [0.1, 0.15) is 0 Å². The van der Waals surface area contributed by atoms with Crippen LogP contribution in [0.2, 0.25) is 0 Å². The Hall–Kier alpha value is -1.10. The maximum Gasteiger partial charge on any atom is 0.282 e. The van der Waals surface area contributed by atoms with Gasteiger partial charge in [-0.1, -0.05) is 11.3 Å². The van der Waals surface area contributed by atoms with Crippen molar-refractivity contribution in [2.45, 2.75) is 11.3 Å². The number of hydrogen-bond donors (Lipinski definition) is 3. The molecule has 0 unspecified atom stereocenters. The summed E-state index contributed by atoms with van der Waals surface area (Å²) in [6, 6.07) is 0. The lowest BCUT2D eigenvalue weighted by atomic mass is 10.7. The number of amides is 1. The summed E-state index contributed by atoms with van der Waals surface area (Å²) in [6.07, 6.45) is 0. The Balaban J connectivity index is 2.94. The van der Waals surface area contributed by atoms with Gasteiger partial charge in [-0.2, -0.15) is 0 Å². The summed E-state index contributed by atoms with van der Waals surface area (Å²) >= 11 is 0.708. The molecule has 14 heavy (non-hydrogen) atoms. The molecule has 0 aliphatic rings. The van der Waals surface area contributed by atoms with Crippen molar-refractivity contribution < 1.29 is 13.2 Å². The molecule has 0 radical (unpaired) electrons. The Bertz CT molecular complexity index is 438. The second-order valence-corrected chi connectivity index (χ2v) is 5.04. The highest BCUT2D eigenvalue weighted by molar-refractivity contribution is 7.91. The van der Waals surface area contributed by atoms with Gasteiger partial charge in [0.2, 0.25) is 11.0 Å². The van der Waals surface area contributed by atoms with E-state index in [9.17, 15) is 13.2 Å². The predicted molar refractivity (Wildman–Crippen MR) is 48.7 cm³/mol. The Labute approximate surface area is 83.5 Å². The lowest BCUT2D eigenvalue weighted by molar-refractivity contribution is -0.114. The summed E-state index contributed by atoms with van der Waals surface area (Å²) in [7, 11) is -3.79. The number of rotatable bonds is 3. The molecule has 1 rings (SSSR count). The molecule has 10 heteroatoms. The highest BCUT2D eigenvalue weighted by Crippen LogP contribution is 2.18. The molecule has 78 valence electrons. The van der Waals surface area contributed by atoms with Crippen molar-refractivity contribution in [2.75, 3.05) is 5.32 Å². The first-order valence-corrected chi connectivity index (χ1v) is 5.59. The van der Waals surface area contributed by atoms with Crippen molar-refractivity contribution in [1.29, 1.82) is 0 Å². The van der Waals surface area contributed by atoms with E-state index in [1.807, 2.05) is 0 Å². The normalized spacial score (nSPS) is 11.3. The second-order valence-electron chi connectivity index (χ2n) is 2.18. The number of sulfonamides is 1. The van der Waals surface area contributed by atoms with E-state index in [-0.39, 0.29) is 15.4 Å². The van der Waals surface area contributed by atoms with E-state index < -0.39 is 10.0 Å². The summed E-state index contributed by atoms with van der Waals surface area (Å²) in [4.78, 5) is 12.2. The van der Waals surface area contributed by atoms with Crippen LogP contribution in [-0.2, 0) is 14.8 Å². The number of nitrogens with zero attached hydrogens (tertiary/aromatic N) is 2. The van der Waals surface area contributed by atoms with Crippen LogP contribution in [0.15, 0.2) is 4.34 Å². The quantitative estimate of drug-likeness (QED) is 0.339. The van der Waals surface area contributed by atoms with Gasteiger partial charge in [-0.05, 0) is 0 Å². The van der Waals surface area contributed by atoms with Crippen LogP contribution in [0, 0.1) is 0 Å². The van der Waals surface area contributed by atoms with Crippen LogP contribution in [0.1, 0.15) is 6.92 Å². The van der Waals surface area contributed by atoms with Crippen LogP contribution in [0.5, 0.6) is 0 Å². The second kappa shape index (κ2) is 3.96. The topological polar surface area (TPSA) is 127 Å². The van der Waals surface area contributed by atoms with E-state index in [1.165, 1.54) is 6.92 Å². The molecule has 1 aromatic rings. The van der Waals surface area contributed by atoms with Gasteiger partial charge in [-0.25, -0.2) is 8.42 Å². The van der Waals surface area contributed by atoms with Crippen molar-refractivity contribution in [3.05, 3.63) is 0 Å². The number of aromatic nitrogens is 2. The first-order valence-electron chi connectivity index (χ1n) is 3.29. The van der Waals surface area contributed by atoms with Crippen molar-refractivity contribution >= 4 is 32.4 Å². The zero-order valence-corrected chi connectivity index (χ0v) is 8.65. The third-order valence-corrected chi connectivity index (χ3v) is 3.47. The number of carbonyl (C=O) groups excluding carboxylic acids is 1. The lowest BCUT2D eigenvalue weighted by Gasteiger charge is -1.93. The monoisotopic (exact) mass is 237 g/mol. The van der Waals surface area contributed by atoms with Gasteiger partial charge in [-0.15, -0.1) is 15.0 Å². The Morgan fingerprint density at radius 2 is 2.14 bits per heavy atom. The van der Waals surface area contributed by atoms with E-state index >= 15 is 0 Å². The van der Waals surface area contributed by atoms with Gasteiger partial charge in [0, 0.05) is 6.92 Å². The van der Waals surface area contributed by atoms with E-state index in [1.54, 1.807) is 4.83 Å². The fourth-order valence-corrected chi connectivity index (χ4v) is 2.16. The number of nitrogens with one attached hydrogen (secondary N) is 2. The van der Waals surface area contributed by atoms with Crippen LogP contribution < -0.4 is 16.0 Å². The fraction of sp³-hybridized carbons (Fsp3) is 0.250. The molecule has 0 bridgehead atoms. The smallest absolute Gasteiger partial charge is 0.282 e. The van der Waals surface area contributed by atoms with Crippen molar-refractivity contribution in [2.24, 2.45) is 5.84 Å². The number of carbonyl (C=O) groups is 1. The SMILES string of the molecule is CC(=O)Nc1nnc(S(=O)(=O)NN)s1. The van der Waals surface area contributed by atoms with E-state index in [0.29, 0.717) is 11.3 Å². The first kappa shape index (κ1) is 11.0. The minimum Gasteiger partial charge on any atom is -0.301 e. The maximum absolute atomic E-state index is 11.1. The fourth-order valence-electron chi connectivity index (χ4n) is 0.570. The van der Waals surface area contributed by atoms with E-state index in [4.69, 9.17) is 5.84 Å². The molecule has 0 aliphatic heterocycles. The molecule has 0 atom stereocenters. The van der Waals surface area contributed by atoms with Crippen LogP contribution in [0.25, 0.3) is 0 Å². The standard InChI is InChI=1S/C4H7N5O3S2/c1-2(10)6-3-7-8-4(13-3)14(11,12)9-5/h9H,5H2,1H3,(H,6,7,10). The Kier molecular flexibility index (Phi) is 3.10. The van der Waals surface area contributed by atoms with Crippen molar-refractivity contribution in [3.8, 4) is 0 Å². The van der Waals surface area contributed by atoms with Crippen LogP contribution in [-0.4, -0.2) is 24.5 Å². The van der Waals surface area contributed by atoms with Gasteiger partial charge in [0.15, 0.2) is 0 Å². The third-order valence-electron chi connectivity index (χ3n) is 1.07. The summed E-state index contributed by atoms with van der Waals surface area (Å²) in [5.74, 6) is 4.41. The maximum atomic E-state index is 11.1. The largest absolute Gasteiger partial charge is 0.301 e. The molecule has 0 spiro atoms. The molecule has 0 saturated carbocycles. The molecular formula is C4H7N5O3S2. The summed E-state index contributed by atoms with van der Waals surface area (Å²) in [5, 5.41) is 9.16. The molecule has 1 amide bonds. The Morgan fingerprint density at radius 1 is 1.50 bits per heavy atom. The zero-order chi connectivity index (χ0) is 10.8. The summed E-state index contributed by atoms with van der Waals surface area (Å²) < 4.78 is 21.8. The van der Waals surface area contributed by atoms with Crippen LogP contribution in [0.3, 0.4) is 0 Å². The molecule has 0 saturated heterocycles. The zero-order valence-electron chi connectivity index (χ0n) is 7.01. The molecule has 0 aromatic carbocycles. The summed E-state index contributed by atoms with van der Waals surface area (Å²) in [6.45, 7) is 1.27. The molecule has 4 N–H and O–H groups in total. The van der Waals surface area contributed by atoms with E-state index in [2.05, 4.69) is 15.5 Å². The third kappa shape index (κ3) is 2.45. The minimum atomic E-state index is -3.79. The molecule has 0 fully saturated rings. The van der Waals surface area contributed by atoms with Gasteiger partial charge in [-0.3, -0.25) is 10.6 Å². The van der Waals surface area contributed by atoms with Gasteiger partial charge >= 0.3 is 0 Å². The number of hydrogen-bond acceptors (Lipinski definition) is 7. The van der Waals surface area contributed by atoms with Crippen LogP contribution >= 0.6 is 11.3 Å². The lowest BCUT2D eigenvalue weighted by Crippen LogP contribution is -2.30. The molecule has 0 aliphatic carbocycles. The highest BCUT2D eigenvalue weighted by Gasteiger charge is 2.18. The number of nitrogens with two attached hydrogens (primary N) is 1. The van der Waals surface area contributed by atoms with Crippen LogP contribution in [0.4, 0.5) is 5.13 Å². The van der Waals surface area contributed by atoms with E-state index in [0.717, 1.165) is 0 Å². The average molecular weight is 237 g/mol. The molecule has 1 heterocycles. The predicted octanol–water partition coefficient (Wildman–Crippen LogP) is -1.35. The number of anilines is 1. The number of hydrazine groups is 1. The molecule has 1 aromatic heterocycles. The summed E-state index contributed by atoms with van der Waals surface area (Å²) in [5.41, 5.74) is 0. The Morgan fingerprint density at radius 3 is 2.64 bits per heavy atom. The van der Waals surface area contributed by atoms with Gasteiger partial charge in [0.25, 0.3) is 14.4 Å². The highest BCUT2D eigenvalue weighted by atomic mass is 32.2. The van der Waals surface area contributed by atoms with Gasteiger partial charge < -0.3 is 5.32 Å². The average Bonchev–Trinajstić information content (AvgIpc) is 2.52. The molecule has 8 nitrogen and oxygen atoms in total. The molecular weight excluding hydrogens is 230 g/mol. The van der Waals surface area contributed by atoms with Gasteiger partial charge in [0.05, 0.1) is 0 Å².